The first-order chi connectivity index (χ1) is 8.03. The van der Waals surface area contributed by atoms with E-state index in [4.69, 9.17) is 5.11 Å². The molecule has 0 heterocycles. The highest BCUT2D eigenvalue weighted by atomic mass is 19.3. The van der Waals surface area contributed by atoms with Gasteiger partial charge in [-0.3, -0.25) is 0 Å². The van der Waals surface area contributed by atoms with Gasteiger partial charge in [0.15, 0.2) is 0 Å². The summed E-state index contributed by atoms with van der Waals surface area (Å²) in [6.07, 6.45) is 1.17. The Bertz CT molecular complexity index is 409. The van der Waals surface area contributed by atoms with Crippen LogP contribution in [0.25, 0.3) is 0 Å². The maximum absolute atomic E-state index is 13.4. The second-order valence-electron chi connectivity index (χ2n) is 4.29. The van der Waals surface area contributed by atoms with Crippen molar-refractivity contribution >= 4 is 0 Å². The van der Waals surface area contributed by atoms with E-state index >= 15 is 0 Å². The summed E-state index contributed by atoms with van der Waals surface area (Å²) in [5, 5.41) is 11.1. The van der Waals surface area contributed by atoms with Crippen LogP contribution in [0.1, 0.15) is 23.6 Å². The molecule has 0 spiro atoms. The minimum Gasteiger partial charge on any atom is -0.390 e. The third-order valence-corrected chi connectivity index (χ3v) is 3.05. The lowest BCUT2D eigenvalue weighted by Gasteiger charge is -2.19. The van der Waals surface area contributed by atoms with Crippen LogP contribution in [0.15, 0.2) is 18.2 Å². The Kier molecular flexibility index (Phi) is 3.40. The SMILES string of the molecule is OCC(F)(F)CNC1CCc2c(F)cccc21. The molecule has 0 fully saturated rings. The van der Waals surface area contributed by atoms with Crippen LogP contribution in [0.2, 0.25) is 0 Å². The van der Waals surface area contributed by atoms with Crippen molar-refractivity contribution in [2.45, 2.75) is 24.8 Å². The number of alkyl halides is 2. The molecule has 1 unspecified atom stereocenters. The molecule has 2 nitrogen and oxygen atoms in total. The van der Waals surface area contributed by atoms with Crippen molar-refractivity contribution in [2.24, 2.45) is 0 Å². The second kappa shape index (κ2) is 4.66. The van der Waals surface area contributed by atoms with Crippen LogP contribution >= 0.6 is 0 Å². The number of fused-ring (bicyclic) bond motifs is 1. The van der Waals surface area contributed by atoms with Crippen LogP contribution in [0.4, 0.5) is 13.2 Å². The van der Waals surface area contributed by atoms with E-state index in [0.717, 1.165) is 5.56 Å². The Balaban J connectivity index is 2.05. The molecule has 2 rings (SSSR count). The molecule has 2 N–H and O–H groups in total. The van der Waals surface area contributed by atoms with E-state index in [0.29, 0.717) is 18.4 Å². The molecule has 0 amide bonds. The summed E-state index contributed by atoms with van der Waals surface area (Å²) in [6.45, 7) is -1.77. The predicted octanol–water partition coefficient (Wildman–Crippen LogP) is 2.03. The van der Waals surface area contributed by atoms with E-state index in [1.54, 1.807) is 12.1 Å². The molecular weight excluding hydrogens is 231 g/mol. The molecule has 1 aromatic carbocycles. The zero-order valence-electron chi connectivity index (χ0n) is 9.22. The van der Waals surface area contributed by atoms with Crippen molar-refractivity contribution < 1.29 is 18.3 Å². The molecule has 5 heteroatoms. The lowest BCUT2D eigenvalue weighted by atomic mass is 10.1. The highest BCUT2D eigenvalue weighted by molar-refractivity contribution is 5.35. The quantitative estimate of drug-likeness (QED) is 0.850. The van der Waals surface area contributed by atoms with Gasteiger partial charge in [0.25, 0.3) is 5.92 Å². The summed E-state index contributed by atoms with van der Waals surface area (Å²) in [4.78, 5) is 0. The Morgan fingerprint density at radius 2 is 2.18 bits per heavy atom. The molecule has 0 bridgehead atoms. The summed E-state index contributed by atoms with van der Waals surface area (Å²) in [5.41, 5.74) is 1.36. The number of halogens is 3. The van der Waals surface area contributed by atoms with Crippen molar-refractivity contribution in [1.29, 1.82) is 0 Å². The number of aliphatic hydroxyl groups is 1. The van der Waals surface area contributed by atoms with Crippen LogP contribution in [-0.2, 0) is 6.42 Å². The fourth-order valence-electron chi connectivity index (χ4n) is 2.15. The second-order valence-corrected chi connectivity index (χ2v) is 4.29. The summed E-state index contributed by atoms with van der Waals surface area (Å²) >= 11 is 0. The maximum atomic E-state index is 13.4. The first kappa shape index (κ1) is 12.4. The Morgan fingerprint density at radius 1 is 1.41 bits per heavy atom. The van der Waals surface area contributed by atoms with Crippen LogP contribution in [-0.4, -0.2) is 24.2 Å². The molecule has 1 aliphatic rings. The average Bonchev–Trinajstić information content (AvgIpc) is 2.71. The van der Waals surface area contributed by atoms with E-state index < -0.39 is 19.1 Å². The Hall–Kier alpha value is -1.07. The first-order valence-electron chi connectivity index (χ1n) is 5.53. The van der Waals surface area contributed by atoms with Gasteiger partial charge in [-0.2, -0.15) is 0 Å². The van der Waals surface area contributed by atoms with E-state index in [1.807, 2.05) is 0 Å². The molecule has 0 aliphatic heterocycles. The molecule has 1 atom stereocenters. The third kappa shape index (κ3) is 2.61. The summed E-state index contributed by atoms with van der Waals surface area (Å²) < 4.78 is 39.1. The number of hydrogen-bond donors (Lipinski definition) is 2. The van der Waals surface area contributed by atoms with Crippen molar-refractivity contribution in [3.8, 4) is 0 Å². The van der Waals surface area contributed by atoms with Gasteiger partial charge in [0, 0.05) is 6.04 Å². The van der Waals surface area contributed by atoms with Gasteiger partial charge in [0.05, 0.1) is 6.54 Å². The van der Waals surface area contributed by atoms with Crippen molar-refractivity contribution in [3.05, 3.63) is 35.1 Å². The molecule has 1 aromatic rings. The average molecular weight is 245 g/mol. The molecule has 0 saturated heterocycles. The summed E-state index contributed by atoms with van der Waals surface area (Å²) in [6, 6.07) is 4.46. The monoisotopic (exact) mass is 245 g/mol. The van der Waals surface area contributed by atoms with Crippen molar-refractivity contribution in [1.82, 2.24) is 5.32 Å². The highest BCUT2D eigenvalue weighted by Crippen LogP contribution is 2.32. The van der Waals surface area contributed by atoms with Crippen LogP contribution in [0.3, 0.4) is 0 Å². The van der Waals surface area contributed by atoms with Gasteiger partial charge in [0.2, 0.25) is 0 Å². The van der Waals surface area contributed by atoms with Gasteiger partial charge in [-0.15, -0.1) is 0 Å². The number of rotatable bonds is 4. The number of hydrogen-bond acceptors (Lipinski definition) is 2. The zero-order valence-corrected chi connectivity index (χ0v) is 9.22. The molecular formula is C12H14F3NO. The van der Waals surface area contributed by atoms with Crippen molar-refractivity contribution in [3.63, 3.8) is 0 Å². The van der Waals surface area contributed by atoms with Crippen LogP contribution in [0.5, 0.6) is 0 Å². The minimum absolute atomic E-state index is 0.252. The zero-order chi connectivity index (χ0) is 12.5. The van der Waals surface area contributed by atoms with E-state index in [2.05, 4.69) is 5.32 Å². The van der Waals surface area contributed by atoms with Gasteiger partial charge in [-0.1, -0.05) is 12.1 Å². The van der Waals surface area contributed by atoms with Gasteiger partial charge < -0.3 is 10.4 Å². The van der Waals surface area contributed by atoms with E-state index in [9.17, 15) is 13.2 Å². The largest absolute Gasteiger partial charge is 0.390 e. The lowest BCUT2D eigenvalue weighted by molar-refractivity contribution is -0.0493. The van der Waals surface area contributed by atoms with Crippen molar-refractivity contribution in [2.75, 3.05) is 13.2 Å². The van der Waals surface area contributed by atoms with Gasteiger partial charge in [0.1, 0.15) is 12.4 Å². The van der Waals surface area contributed by atoms with Crippen LogP contribution in [0, 0.1) is 5.82 Å². The standard InChI is InChI=1S/C12H14F3NO/c13-10-3-1-2-9-8(10)4-5-11(9)16-6-12(14,15)7-17/h1-3,11,16-17H,4-7H2. The molecule has 0 radical (unpaired) electrons. The normalized spacial score (nSPS) is 19.4. The number of aliphatic hydroxyl groups excluding tert-OH is 1. The first-order valence-corrected chi connectivity index (χ1v) is 5.53. The maximum Gasteiger partial charge on any atom is 0.282 e. The Labute approximate surface area is 97.5 Å². The minimum atomic E-state index is -3.13. The van der Waals surface area contributed by atoms with E-state index in [-0.39, 0.29) is 11.9 Å². The topological polar surface area (TPSA) is 32.3 Å². The smallest absolute Gasteiger partial charge is 0.282 e. The molecule has 0 aromatic heterocycles. The van der Waals surface area contributed by atoms with Gasteiger partial charge in [-0.05, 0) is 30.0 Å². The van der Waals surface area contributed by atoms with E-state index in [1.165, 1.54) is 6.07 Å². The molecule has 94 valence electrons. The fourth-order valence-corrected chi connectivity index (χ4v) is 2.15. The van der Waals surface area contributed by atoms with Gasteiger partial charge in [-0.25, -0.2) is 13.2 Å². The van der Waals surface area contributed by atoms with Gasteiger partial charge >= 0.3 is 0 Å². The molecule has 0 saturated carbocycles. The number of benzene rings is 1. The fraction of sp³-hybridized carbons (Fsp3) is 0.500. The van der Waals surface area contributed by atoms with Crippen LogP contribution < -0.4 is 5.32 Å². The number of nitrogens with one attached hydrogen (secondary N) is 1. The Morgan fingerprint density at radius 3 is 2.88 bits per heavy atom. The summed E-state index contributed by atoms with van der Waals surface area (Å²) in [5.74, 6) is -3.41. The molecule has 1 aliphatic carbocycles. The molecule has 17 heavy (non-hydrogen) atoms. The highest BCUT2D eigenvalue weighted by Gasteiger charge is 2.31. The third-order valence-electron chi connectivity index (χ3n) is 3.05. The lowest BCUT2D eigenvalue weighted by Crippen LogP contribution is -2.37. The summed E-state index contributed by atoms with van der Waals surface area (Å²) in [7, 11) is 0. The predicted molar refractivity (Wildman–Crippen MR) is 57.5 cm³/mol.